The normalized spacial score (nSPS) is 11.8. The van der Waals surface area contributed by atoms with Gasteiger partial charge in [-0.05, 0) is 124 Å². The van der Waals surface area contributed by atoms with Crippen LogP contribution in [0.3, 0.4) is 0 Å². The summed E-state index contributed by atoms with van der Waals surface area (Å²) < 4.78 is 9.37. The molecule has 18 aromatic rings. The Morgan fingerprint density at radius 1 is 0.233 bits per heavy atom. The molecule has 0 saturated heterocycles. The molecule has 0 amide bonds. The van der Waals surface area contributed by atoms with E-state index < -0.39 is 0 Å². The Kier molecular flexibility index (Phi) is 11.6. The van der Waals surface area contributed by atoms with E-state index in [1.54, 1.807) is 0 Å². The molecule has 0 aliphatic rings. The fourth-order valence-corrected chi connectivity index (χ4v) is 14.6. The van der Waals surface area contributed by atoms with Crippen LogP contribution in [-0.4, -0.2) is 23.3 Å². The molecule has 0 radical (unpaired) electrons. The zero-order valence-corrected chi connectivity index (χ0v) is 48.7. The summed E-state index contributed by atoms with van der Waals surface area (Å²) in [5.41, 5.74) is 20.7. The average Bonchev–Trinajstić information content (AvgIpc) is 2.06. The van der Waals surface area contributed by atoms with Gasteiger partial charge in [-0.25, -0.2) is 4.98 Å². The third-order valence-corrected chi connectivity index (χ3v) is 18.4. The summed E-state index contributed by atoms with van der Waals surface area (Å²) in [6.45, 7) is 0. The van der Waals surface area contributed by atoms with Gasteiger partial charge < -0.3 is 9.13 Å². The summed E-state index contributed by atoms with van der Waals surface area (Å²) >= 11 is 0. The highest BCUT2D eigenvalue weighted by atomic mass is 15.1. The van der Waals surface area contributed by atoms with Gasteiger partial charge in [-0.15, -0.1) is 0 Å². The summed E-state index contributed by atoms with van der Waals surface area (Å²) in [4.78, 5) is 5.82. The highest BCUT2D eigenvalue weighted by Gasteiger charge is 2.32. The molecule has 0 aliphatic carbocycles. The van der Waals surface area contributed by atoms with E-state index in [9.17, 15) is 5.26 Å². The largest absolute Gasteiger partial charge is 0.309 e. The van der Waals surface area contributed by atoms with Gasteiger partial charge >= 0.3 is 0 Å². The number of rotatable bonds is 9. The molecule has 0 atom stereocenters. The first-order valence-electron chi connectivity index (χ1n) is 30.6. The summed E-state index contributed by atoms with van der Waals surface area (Å²) in [5, 5.41) is 21.9. The molecule has 5 heterocycles. The first-order chi connectivity index (χ1) is 44.7. The zero-order chi connectivity index (χ0) is 59.4. The number of nitriles is 1. The quantitative estimate of drug-likeness (QED) is 0.145. The van der Waals surface area contributed by atoms with Crippen LogP contribution in [-0.2, 0) is 0 Å². The lowest BCUT2D eigenvalue weighted by molar-refractivity contribution is 1.01. The number of pyridine rings is 1. The van der Waals surface area contributed by atoms with E-state index in [2.05, 4.69) is 340 Å². The first-order valence-corrected chi connectivity index (χ1v) is 30.6. The topological polar surface area (TPSA) is 56.4 Å². The number of hydrogen-bond acceptors (Lipinski definition) is 2. The lowest BCUT2D eigenvalue weighted by atomic mass is 9.79. The number of benzene rings is 13. The van der Waals surface area contributed by atoms with Crippen LogP contribution in [0.1, 0.15) is 5.56 Å². The minimum Gasteiger partial charge on any atom is -0.309 e. The highest BCUT2D eigenvalue weighted by molar-refractivity contribution is 6.16. The van der Waals surface area contributed by atoms with Crippen molar-refractivity contribution in [3.63, 3.8) is 0 Å². The number of para-hydroxylation sites is 7. The van der Waals surface area contributed by atoms with Gasteiger partial charge in [-0.1, -0.05) is 231 Å². The number of nitrogens with zero attached hydrogens (tertiary/aromatic N) is 6. The Morgan fingerprint density at radius 3 is 0.956 bits per heavy atom. The molecular weight excluding hydrogens is 1090 g/mol. The van der Waals surface area contributed by atoms with Crippen LogP contribution in [0.5, 0.6) is 0 Å². The van der Waals surface area contributed by atoms with Crippen molar-refractivity contribution >= 4 is 87.2 Å². The summed E-state index contributed by atoms with van der Waals surface area (Å²) in [6.07, 6.45) is 0. The van der Waals surface area contributed by atoms with Crippen molar-refractivity contribution in [2.24, 2.45) is 0 Å². The molecular formula is C84H52N6. The monoisotopic (exact) mass is 1140 g/mol. The summed E-state index contributed by atoms with van der Waals surface area (Å²) in [6, 6.07) is 116. The molecule has 0 bridgehead atoms. The van der Waals surface area contributed by atoms with Gasteiger partial charge in [0.2, 0.25) is 0 Å². The molecule has 0 saturated carbocycles. The van der Waals surface area contributed by atoms with Crippen molar-refractivity contribution in [1.82, 2.24) is 23.3 Å². The van der Waals surface area contributed by atoms with Gasteiger partial charge in [-0.3, -0.25) is 9.13 Å². The van der Waals surface area contributed by atoms with E-state index in [0.29, 0.717) is 5.56 Å². The van der Waals surface area contributed by atoms with Gasteiger partial charge in [0.15, 0.2) is 0 Å². The zero-order valence-electron chi connectivity index (χ0n) is 48.7. The molecule has 0 spiro atoms. The molecule has 5 aromatic heterocycles. The molecule has 13 aromatic carbocycles. The van der Waals surface area contributed by atoms with E-state index in [-0.39, 0.29) is 0 Å². The second-order valence-electron chi connectivity index (χ2n) is 23.2. The first kappa shape index (κ1) is 51.0. The van der Waals surface area contributed by atoms with Crippen molar-refractivity contribution in [3.05, 3.63) is 321 Å². The molecule has 18 rings (SSSR count). The Balaban J connectivity index is 0.984. The molecule has 90 heavy (non-hydrogen) atoms. The lowest BCUT2D eigenvalue weighted by Crippen LogP contribution is -2.09. The number of hydrogen-bond donors (Lipinski definition) is 0. The van der Waals surface area contributed by atoms with Crippen LogP contribution in [0.2, 0.25) is 0 Å². The number of fused-ring (bicyclic) bond motifs is 12. The Bertz CT molecular complexity index is 5720. The van der Waals surface area contributed by atoms with E-state index >= 15 is 0 Å². The second kappa shape index (κ2) is 20.4. The van der Waals surface area contributed by atoms with Crippen LogP contribution in [0.15, 0.2) is 315 Å². The Hall–Kier alpha value is -12.3. The minimum atomic E-state index is 0.534. The van der Waals surface area contributed by atoms with Gasteiger partial charge in [0, 0.05) is 65.5 Å². The van der Waals surface area contributed by atoms with Crippen LogP contribution in [0.4, 0.5) is 0 Å². The third-order valence-electron chi connectivity index (χ3n) is 18.4. The van der Waals surface area contributed by atoms with Gasteiger partial charge in [0.05, 0.1) is 55.4 Å². The van der Waals surface area contributed by atoms with Crippen LogP contribution in [0, 0.1) is 11.3 Å². The summed E-state index contributed by atoms with van der Waals surface area (Å²) in [5.74, 6) is 1.46. The molecule has 0 N–H and O–H groups in total. The van der Waals surface area contributed by atoms with Gasteiger partial charge in [-0.2, -0.15) is 5.26 Å². The van der Waals surface area contributed by atoms with Crippen LogP contribution in [0.25, 0.3) is 166 Å². The van der Waals surface area contributed by atoms with Crippen molar-refractivity contribution in [1.29, 1.82) is 5.26 Å². The fourth-order valence-electron chi connectivity index (χ4n) is 14.6. The molecule has 6 heteroatoms. The molecule has 0 fully saturated rings. The predicted octanol–water partition coefficient (Wildman–Crippen LogP) is 21.7. The van der Waals surface area contributed by atoms with E-state index in [0.717, 1.165) is 150 Å². The molecule has 0 aliphatic heterocycles. The van der Waals surface area contributed by atoms with E-state index in [4.69, 9.17) is 4.98 Å². The Labute approximate surface area is 518 Å². The maximum atomic E-state index is 12.8. The van der Waals surface area contributed by atoms with Gasteiger partial charge in [0.1, 0.15) is 17.7 Å². The second-order valence-corrected chi connectivity index (χ2v) is 23.2. The average molecular weight is 1150 g/mol. The smallest absolute Gasteiger partial charge is 0.140 e. The van der Waals surface area contributed by atoms with Crippen molar-refractivity contribution in [2.75, 3.05) is 0 Å². The highest BCUT2D eigenvalue weighted by Crippen LogP contribution is 2.53. The minimum absolute atomic E-state index is 0.534. The van der Waals surface area contributed by atoms with Crippen molar-refractivity contribution in [3.8, 4) is 84.7 Å². The van der Waals surface area contributed by atoms with E-state index in [1.807, 2.05) is 0 Å². The summed E-state index contributed by atoms with van der Waals surface area (Å²) in [7, 11) is 0. The van der Waals surface area contributed by atoms with Gasteiger partial charge in [0.25, 0.3) is 0 Å². The van der Waals surface area contributed by atoms with E-state index in [1.165, 1.54) is 16.3 Å². The predicted molar refractivity (Wildman–Crippen MR) is 373 cm³/mol. The third kappa shape index (κ3) is 7.73. The fraction of sp³-hybridized carbons (Fsp3) is 0. The molecule has 418 valence electrons. The van der Waals surface area contributed by atoms with Crippen LogP contribution >= 0.6 is 0 Å². The number of aromatic nitrogens is 5. The SMILES string of the molecule is N#Cc1c(-c2cc(-n3c4ccccc4c4ccccc43)nc(-n3c4ccccc4c4ccccc43)c2)c(-c2ccccc2)c(-c2ccccc2)c(-c2ccccc2)c1-n1c2ccccc2c2cc(-c3ccc4c(c3)c3ccccc3n4-c3ccccc3)ccc21. The van der Waals surface area contributed by atoms with Crippen LogP contribution < -0.4 is 0 Å². The maximum Gasteiger partial charge on any atom is 0.140 e. The van der Waals surface area contributed by atoms with Crippen molar-refractivity contribution < 1.29 is 0 Å². The van der Waals surface area contributed by atoms with Crippen molar-refractivity contribution in [2.45, 2.75) is 0 Å². The molecule has 0 unspecified atom stereocenters. The molecule has 6 nitrogen and oxygen atoms in total. The maximum absolute atomic E-state index is 12.8. The Morgan fingerprint density at radius 2 is 0.544 bits per heavy atom. The lowest BCUT2D eigenvalue weighted by Gasteiger charge is -2.27. The standard InChI is InChI=1S/C84H52N6/c85-53-69-80(59-51-78(88-71-40-20-13-33-61(71)62-34-14-21-41-72(62)88)86-79(52-59)89-73-42-22-15-35-63(73)64-36-16-23-43-74(64)89)81(54-25-5-1-6-26-54)82(55-27-7-2-8-28-55)83(56-29-9-3-10-30-56)84(69)90-75-44-24-18-38-66(75)68-50-58(46-48-77(68)90)57-45-47-76-67(49-57)65-37-17-19-39-70(65)87(76)60-31-11-4-12-32-60/h1-52H.